The number of allylic oxidation sites excluding steroid dienone is 2. The minimum atomic E-state index is -0.360. The normalized spacial score (nSPS) is 13.7. The molecule has 4 rings (SSSR count). The van der Waals surface area contributed by atoms with Gasteiger partial charge in [-0.3, -0.25) is 18.7 Å². The number of anilines is 1. The number of carbonyl (C=O) groups is 2. The maximum atomic E-state index is 13.3. The Labute approximate surface area is 180 Å². The monoisotopic (exact) mass is 418 g/mol. The predicted molar refractivity (Wildman–Crippen MR) is 122 cm³/mol. The summed E-state index contributed by atoms with van der Waals surface area (Å²) in [5.74, 6) is -0.560. The largest absolute Gasteiger partial charge is 0.345 e. The molecule has 3 aromatic rings. The van der Waals surface area contributed by atoms with Crippen LogP contribution in [0.4, 0.5) is 5.69 Å². The number of para-hydroxylation sites is 3. The van der Waals surface area contributed by atoms with Crippen molar-refractivity contribution >= 4 is 34.2 Å². The summed E-state index contributed by atoms with van der Waals surface area (Å²) >= 11 is 0. The van der Waals surface area contributed by atoms with Crippen LogP contribution >= 0.6 is 0 Å². The SMILES string of the molecule is CN(C)C(=O)c1ccccc1NC(=O)Cn1c(=O)n(C2=CCCCC2)c2ccccc21. The van der Waals surface area contributed by atoms with Crippen molar-refractivity contribution in [2.45, 2.75) is 32.2 Å². The Kier molecular flexibility index (Phi) is 5.75. The molecule has 0 aliphatic heterocycles. The summed E-state index contributed by atoms with van der Waals surface area (Å²) in [4.78, 5) is 40.1. The van der Waals surface area contributed by atoms with E-state index in [2.05, 4.69) is 11.4 Å². The molecule has 0 fully saturated rings. The summed E-state index contributed by atoms with van der Waals surface area (Å²) < 4.78 is 3.22. The quantitative estimate of drug-likeness (QED) is 0.688. The zero-order valence-corrected chi connectivity index (χ0v) is 17.8. The van der Waals surface area contributed by atoms with Gasteiger partial charge < -0.3 is 10.2 Å². The van der Waals surface area contributed by atoms with Gasteiger partial charge in [-0.1, -0.05) is 30.3 Å². The number of imidazole rings is 1. The van der Waals surface area contributed by atoms with Crippen LogP contribution in [-0.4, -0.2) is 39.9 Å². The molecule has 160 valence electrons. The van der Waals surface area contributed by atoms with E-state index in [1.807, 2.05) is 24.3 Å². The summed E-state index contributed by atoms with van der Waals surface area (Å²) in [5.41, 5.74) is 3.13. The standard InChI is InChI=1S/C24H26N4O3/c1-26(2)23(30)18-12-6-7-13-19(18)25-22(29)16-27-20-14-8-9-15-21(20)28(24(27)31)17-10-4-3-5-11-17/h6-10,12-15H,3-5,11,16H2,1-2H3,(H,25,29). The summed E-state index contributed by atoms with van der Waals surface area (Å²) in [6.45, 7) is -0.135. The number of amides is 2. The third-order valence-electron chi connectivity index (χ3n) is 5.53. The third-order valence-corrected chi connectivity index (χ3v) is 5.53. The minimum absolute atomic E-state index is 0.135. The molecular weight excluding hydrogens is 392 g/mol. The Morgan fingerprint density at radius 2 is 1.71 bits per heavy atom. The first-order valence-electron chi connectivity index (χ1n) is 10.5. The fourth-order valence-corrected chi connectivity index (χ4v) is 4.02. The minimum Gasteiger partial charge on any atom is -0.345 e. The average molecular weight is 418 g/mol. The van der Waals surface area contributed by atoms with Gasteiger partial charge in [-0.25, -0.2) is 4.79 Å². The van der Waals surface area contributed by atoms with Crippen molar-refractivity contribution in [1.82, 2.24) is 14.0 Å². The fraction of sp³-hybridized carbons (Fsp3) is 0.292. The van der Waals surface area contributed by atoms with E-state index in [-0.39, 0.29) is 24.0 Å². The topological polar surface area (TPSA) is 76.3 Å². The molecule has 0 unspecified atom stereocenters. The van der Waals surface area contributed by atoms with Crippen LogP contribution in [-0.2, 0) is 11.3 Å². The predicted octanol–water partition coefficient (Wildman–Crippen LogP) is 3.56. The number of hydrogen-bond donors (Lipinski definition) is 1. The third kappa shape index (κ3) is 4.03. The number of fused-ring (bicyclic) bond motifs is 1. The van der Waals surface area contributed by atoms with Gasteiger partial charge in [-0.2, -0.15) is 0 Å². The van der Waals surface area contributed by atoms with Crippen molar-refractivity contribution in [2.24, 2.45) is 0 Å². The van der Waals surface area contributed by atoms with E-state index >= 15 is 0 Å². The molecule has 2 amide bonds. The second kappa shape index (κ2) is 8.63. The van der Waals surface area contributed by atoms with Crippen molar-refractivity contribution in [3.05, 3.63) is 70.7 Å². The molecule has 7 heteroatoms. The van der Waals surface area contributed by atoms with Gasteiger partial charge in [0.15, 0.2) is 0 Å². The zero-order valence-electron chi connectivity index (χ0n) is 17.8. The maximum absolute atomic E-state index is 13.3. The van der Waals surface area contributed by atoms with E-state index in [1.54, 1.807) is 42.9 Å². The van der Waals surface area contributed by atoms with E-state index in [0.29, 0.717) is 16.8 Å². The van der Waals surface area contributed by atoms with Gasteiger partial charge >= 0.3 is 5.69 Å². The zero-order chi connectivity index (χ0) is 22.0. The van der Waals surface area contributed by atoms with Crippen LogP contribution in [0.25, 0.3) is 16.7 Å². The van der Waals surface area contributed by atoms with Gasteiger partial charge in [-0.15, -0.1) is 0 Å². The highest BCUT2D eigenvalue weighted by Gasteiger charge is 2.20. The molecule has 1 N–H and O–H groups in total. The van der Waals surface area contributed by atoms with Crippen LogP contribution < -0.4 is 11.0 Å². The number of nitrogens with zero attached hydrogens (tertiary/aromatic N) is 3. The molecule has 1 aliphatic rings. The molecule has 0 atom stereocenters. The molecule has 1 aliphatic carbocycles. The Bertz CT molecular complexity index is 1230. The first-order valence-corrected chi connectivity index (χ1v) is 10.5. The molecule has 7 nitrogen and oxygen atoms in total. The summed E-state index contributed by atoms with van der Waals surface area (Å²) in [6, 6.07) is 14.4. The smallest absolute Gasteiger partial charge is 0.333 e. The Balaban J connectivity index is 1.67. The van der Waals surface area contributed by atoms with Gasteiger partial charge in [0.25, 0.3) is 5.91 Å². The first kappa shape index (κ1) is 20.7. The van der Waals surface area contributed by atoms with E-state index in [1.165, 1.54) is 9.47 Å². The van der Waals surface area contributed by atoms with Crippen LogP contribution in [0.5, 0.6) is 0 Å². The second-order valence-corrected chi connectivity index (χ2v) is 7.93. The van der Waals surface area contributed by atoms with Crippen molar-refractivity contribution < 1.29 is 9.59 Å². The van der Waals surface area contributed by atoms with Crippen molar-refractivity contribution in [1.29, 1.82) is 0 Å². The Hall–Kier alpha value is -3.61. The lowest BCUT2D eigenvalue weighted by molar-refractivity contribution is -0.116. The van der Waals surface area contributed by atoms with E-state index < -0.39 is 0 Å². The molecule has 0 radical (unpaired) electrons. The first-order chi connectivity index (χ1) is 15.0. The van der Waals surface area contributed by atoms with E-state index in [0.717, 1.165) is 36.9 Å². The number of benzene rings is 2. The second-order valence-electron chi connectivity index (χ2n) is 7.93. The fourth-order valence-electron chi connectivity index (χ4n) is 4.02. The maximum Gasteiger partial charge on any atom is 0.333 e. The molecule has 0 bridgehead atoms. The van der Waals surface area contributed by atoms with Crippen molar-refractivity contribution in [3.8, 4) is 0 Å². The number of nitrogens with one attached hydrogen (secondary N) is 1. The lowest BCUT2D eigenvalue weighted by atomic mass is 10.0. The van der Waals surface area contributed by atoms with Gasteiger partial charge in [0.1, 0.15) is 6.54 Å². The van der Waals surface area contributed by atoms with E-state index in [9.17, 15) is 14.4 Å². The molecule has 0 saturated heterocycles. The summed E-state index contributed by atoms with van der Waals surface area (Å²) in [7, 11) is 3.32. The number of carbonyl (C=O) groups excluding carboxylic acids is 2. The Morgan fingerprint density at radius 3 is 2.42 bits per heavy atom. The molecule has 2 aromatic carbocycles. The van der Waals surface area contributed by atoms with Gasteiger partial charge in [0.05, 0.1) is 22.3 Å². The van der Waals surface area contributed by atoms with Crippen molar-refractivity contribution in [2.75, 3.05) is 19.4 Å². The van der Waals surface area contributed by atoms with E-state index in [4.69, 9.17) is 0 Å². The number of hydrogen-bond acceptors (Lipinski definition) is 3. The van der Waals surface area contributed by atoms with Gasteiger partial charge in [0, 0.05) is 19.8 Å². The highest BCUT2D eigenvalue weighted by atomic mass is 16.2. The molecule has 1 heterocycles. The van der Waals surface area contributed by atoms with Crippen LogP contribution in [0.1, 0.15) is 36.0 Å². The van der Waals surface area contributed by atoms with Crippen LogP contribution in [0.15, 0.2) is 59.4 Å². The van der Waals surface area contributed by atoms with Crippen molar-refractivity contribution in [3.63, 3.8) is 0 Å². The molecule has 31 heavy (non-hydrogen) atoms. The number of aromatic nitrogens is 2. The number of rotatable bonds is 5. The highest BCUT2D eigenvalue weighted by molar-refractivity contribution is 6.03. The molecule has 1 aromatic heterocycles. The summed E-state index contributed by atoms with van der Waals surface area (Å²) in [6.07, 6.45) is 6.10. The Morgan fingerprint density at radius 1 is 1.00 bits per heavy atom. The van der Waals surface area contributed by atoms with Crippen LogP contribution in [0, 0.1) is 0 Å². The molecule has 0 spiro atoms. The van der Waals surface area contributed by atoms with Crippen LogP contribution in [0.2, 0.25) is 0 Å². The van der Waals surface area contributed by atoms with Gasteiger partial charge in [-0.05, 0) is 49.9 Å². The summed E-state index contributed by atoms with van der Waals surface area (Å²) in [5, 5.41) is 2.81. The molecular formula is C24H26N4O3. The molecule has 0 saturated carbocycles. The van der Waals surface area contributed by atoms with Crippen LogP contribution in [0.3, 0.4) is 0 Å². The lowest BCUT2D eigenvalue weighted by Crippen LogP contribution is -2.30. The highest BCUT2D eigenvalue weighted by Crippen LogP contribution is 2.25. The lowest BCUT2D eigenvalue weighted by Gasteiger charge is -2.15. The average Bonchev–Trinajstić information content (AvgIpc) is 3.05. The van der Waals surface area contributed by atoms with Gasteiger partial charge in [0.2, 0.25) is 5.91 Å².